The monoisotopic (exact) mass is 459 g/mol. The van der Waals surface area contributed by atoms with Crippen LogP contribution < -0.4 is 15.7 Å². The van der Waals surface area contributed by atoms with E-state index in [0.717, 1.165) is 28.8 Å². The second-order valence-electron chi connectivity index (χ2n) is 7.91. The van der Waals surface area contributed by atoms with Gasteiger partial charge in [0, 0.05) is 29.3 Å². The highest BCUT2D eigenvalue weighted by atomic mass is 35.5. The number of carbonyl (C=O) groups excluding carboxylic acids is 1. The molecule has 1 aliphatic rings. The summed E-state index contributed by atoms with van der Waals surface area (Å²) in [7, 11) is 5.04. The lowest BCUT2D eigenvalue weighted by Gasteiger charge is -2.22. The Labute approximate surface area is 190 Å². The number of imidazole rings is 1. The Morgan fingerprint density at radius 3 is 2.45 bits per heavy atom. The minimum absolute atomic E-state index is 0.0939. The predicted molar refractivity (Wildman–Crippen MR) is 127 cm³/mol. The third-order valence-corrected chi connectivity index (χ3v) is 7.51. The molecule has 3 aromatic rings. The van der Waals surface area contributed by atoms with Crippen molar-refractivity contribution in [3.8, 4) is 5.75 Å². The first-order valence-corrected chi connectivity index (χ1v) is 11.7. The molecule has 1 fully saturated rings. The van der Waals surface area contributed by atoms with E-state index in [9.17, 15) is 9.59 Å². The second kappa shape index (κ2) is 9.01. The minimum Gasteiger partial charge on any atom is -0.496 e. The minimum atomic E-state index is -0.301. The SMILES string of the molecule is COc1ccc(Cl)cc1C(=O)Nc1cc2c(cc1SC1CCCCC1)n(C)c(=O)n2C. The molecule has 164 valence electrons. The van der Waals surface area contributed by atoms with E-state index in [4.69, 9.17) is 16.3 Å². The third-order valence-electron chi connectivity index (χ3n) is 5.87. The number of hydrogen-bond acceptors (Lipinski definition) is 4. The summed E-state index contributed by atoms with van der Waals surface area (Å²) in [6, 6.07) is 8.87. The van der Waals surface area contributed by atoms with Gasteiger partial charge in [-0.1, -0.05) is 30.9 Å². The lowest BCUT2D eigenvalue weighted by atomic mass is 10.0. The molecule has 1 N–H and O–H groups in total. The van der Waals surface area contributed by atoms with Crippen molar-refractivity contribution in [3.63, 3.8) is 0 Å². The van der Waals surface area contributed by atoms with E-state index in [1.54, 1.807) is 53.2 Å². The number of nitrogens with one attached hydrogen (secondary N) is 1. The Balaban J connectivity index is 1.76. The van der Waals surface area contributed by atoms with Crippen molar-refractivity contribution in [2.24, 2.45) is 14.1 Å². The van der Waals surface area contributed by atoms with E-state index in [2.05, 4.69) is 5.32 Å². The molecule has 1 aromatic heterocycles. The van der Waals surface area contributed by atoms with Gasteiger partial charge in [0.2, 0.25) is 0 Å². The first-order chi connectivity index (χ1) is 14.9. The van der Waals surface area contributed by atoms with E-state index >= 15 is 0 Å². The molecule has 4 rings (SSSR count). The zero-order valence-corrected chi connectivity index (χ0v) is 19.5. The first-order valence-electron chi connectivity index (χ1n) is 10.4. The quantitative estimate of drug-likeness (QED) is 0.568. The van der Waals surface area contributed by atoms with Crippen LogP contribution in [0.3, 0.4) is 0 Å². The van der Waals surface area contributed by atoms with E-state index in [-0.39, 0.29) is 11.6 Å². The smallest absolute Gasteiger partial charge is 0.328 e. The van der Waals surface area contributed by atoms with E-state index < -0.39 is 0 Å². The molecule has 0 atom stereocenters. The van der Waals surface area contributed by atoms with Gasteiger partial charge in [-0.05, 0) is 43.2 Å². The van der Waals surface area contributed by atoms with Crippen molar-refractivity contribution in [3.05, 3.63) is 51.4 Å². The molecule has 6 nitrogen and oxygen atoms in total. The molecule has 1 aliphatic carbocycles. The van der Waals surface area contributed by atoms with E-state index in [1.807, 2.05) is 12.1 Å². The van der Waals surface area contributed by atoms with Crippen LogP contribution in [0, 0.1) is 0 Å². The number of hydrogen-bond donors (Lipinski definition) is 1. The molecule has 31 heavy (non-hydrogen) atoms. The summed E-state index contributed by atoms with van der Waals surface area (Å²) in [6.07, 6.45) is 6.05. The number of rotatable bonds is 5. The number of carbonyl (C=O) groups is 1. The summed E-state index contributed by atoms with van der Waals surface area (Å²) in [5.74, 6) is 0.154. The Morgan fingerprint density at radius 1 is 1.10 bits per heavy atom. The molecule has 0 spiro atoms. The average molecular weight is 460 g/mol. The van der Waals surface area contributed by atoms with Gasteiger partial charge in [-0.2, -0.15) is 0 Å². The fraction of sp³-hybridized carbons (Fsp3) is 0.391. The Morgan fingerprint density at radius 2 is 1.77 bits per heavy atom. The first kappa shape index (κ1) is 21.8. The van der Waals surface area contributed by atoms with Crippen LogP contribution in [0.1, 0.15) is 42.5 Å². The van der Waals surface area contributed by atoms with Gasteiger partial charge in [0.1, 0.15) is 5.75 Å². The van der Waals surface area contributed by atoms with Gasteiger partial charge in [-0.3, -0.25) is 13.9 Å². The van der Waals surface area contributed by atoms with Crippen LogP contribution in [0.4, 0.5) is 5.69 Å². The summed E-state index contributed by atoms with van der Waals surface area (Å²) in [5, 5.41) is 4.01. The number of halogens is 1. The van der Waals surface area contributed by atoms with Gasteiger partial charge in [0.15, 0.2) is 0 Å². The topological polar surface area (TPSA) is 65.3 Å². The van der Waals surface area contributed by atoms with Crippen molar-refractivity contribution in [2.45, 2.75) is 42.2 Å². The zero-order chi connectivity index (χ0) is 22.1. The average Bonchev–Trinajstić information content (AvgIpc) is 2.98. The number of fused-ring (bicyclic) bond motifs is 1. The summed E-state index contributed by atoms with van der Waals surface area (Å²) in [5.41, 5.74) is 2.59. The third kappa shape index (κ3) is 4.34. The number of benzene rings is 2. The number of nitrogens with zero attached hydrogens (tertiary/aromatic N) is 2. The van der Waals surface area contributed by atoms with Crippen molar-refractivity contribution in [1.29, 1.82) is 0 Å². The molecule has 0 bridgehead atoms. The molecule has 0 saturated heterocycles. The Kier molecular flexibility index (Phi) is 6.34. The number of ether oxygens (including phenoxy) is 1. The van der Waals surface area contributed by atoms with E-state index in [1.165, 1.54) is 26.4 Å². The van der Waals surface area contributed by atoms with Crippen molar-refractivity contribution in [2.75, 3.05) is 12.4 Å². The largest absolute Gasteiger partial charge is 0.496 e. The molecule has 8 heteroatoms. The maximum Gasteiger partial charge on any atom is 0.328 e. The maximum absolute atomic E-state index is 13.2. The van der Waals surface area contributed by atoms with Gasteiger partial charge >= 0.3 is 5.69 Å². The molecule has 1 amide bonds. The van der Waals surface area contributed by atoms with Crippen LogP contribution >= 0.6 is 23.4 Å². The van der Waals surface area contributed by atoms with Gasteiger partial charge in [-0.15, -0.1) is 11.8 Å². The lowest BCUT2D eigenvalue weighted by molar-refractivity contribution is 0.102. The number of aromatic nitrogens is 2. The Bertz CT molecular complexity index is 1190. The highest BCUT2D eigenvalue weighted by Gasteiger charge is 2.21. The maximum atomic E-state index is 13.2. The molecule has 0 radical (unpaired) electrons. The van der Waals surface area contributed by atoms with Crippen molar-refractivity contribution < 1.29 is 9.53 Å². The van der Waals surface area contributed by atoms with Crippen LogP contribution in [0.2, 0.25) is 5.02 Å². The molecule has 0 aliphatic heterocycles. The highest BCUT2D eigenvalue weighted by molar-refractivity contribution is 8.00. The van der Waals surface area contributed by atoms with Crippen LogP contribution in [-0.2, 0) is 14.1 Å². The summed E-state index contributed by atoms with van der Waals surface area (Å²) >= 11 is 7.90. The van der Waals surface area contributed by atoms with Gasteiger partial charge in [-0.25, -0.2) is 4.79 Å². The van der Waals surface area contributed by atoms with E-state index in [0.29, 0.717) is 27.3 Å². The molecular formula is C23H26ClN3O3S. The highest BCUT2D eigenvalue weighted by Crippen LogP contribution is 2.39. The molecule has 1 saturated carbocycles. The normalized spacial score (nSPS) is 14.7. The second-order valence-corrected chi connectivity index (χ2v) is 9.69. The van der Waals surface area contributed by atoms with Gasteiger partial charge in [0.05, 0.1) is 29.4 Å². The molecule has 2 aromatic carbocycles. The number of methoxy groups -OCH3 is 1. The van der Waals surface area contributed by atoms with Gasteiger partial charge in [0.25, 0.3) is 5.91 Å². The Hall–Kier alpha value is -2.38. The van der Waals surface area contributed by atoms with Crippen LogP contribution in [-0.4, -0.2) is 27.4 Å². The standard InChI is InChI=1S/C23H26ClN3O3S/c1-26-18-12-17(25-22(28)16-11-14(24)9-10-20(16)30-3)21(13-19(18)27(2)23(26)29)31-15-7-5-4-6-8-15/h9-13,15H,4-8H2,1-3H3,(H,25,28). The van der Waals surface area contributed by atoms with Crippen LogP contribution in [0.5, 0.6) is 5.75 Å². The summed E-state index contributed by atoms with van der Waals surface area (Å²) in [4.78, 5) is 26.6. The number of thioether (sulfide) groups is 1. The fourth-order valence-corrected chi connectivity index (χ4v) is 5.65. The predicted octanol–water partition coefficient (Wildman–Crippen LogP) is 5.22. The zero-order valence-electron chi connectivity index (χ0n) is 17.9. The molecule has 1 heterocycles. The fourth-order valence-electron chi connectivity index (χ4n) is 4.13. The number of aryl methyl sites for hydroxylation is 2. The molecular weight excluding hydrogens is 434 g/mol. The van der Waals surface area contributed by atoms with Crippen LogP contribution in [0.15, 0.2) is 40.0 Å². The number of amides is 1. The van der Waals surface area contributed by atoms with Crippen molar-refractivity contribution in [1.82, 2.24) is 9.13 Å². The van der Waals surface area contributed by atoms with Gasteiger partial charge < -0.3 is 10.1 Å². The van der Waals surface area contributed by atoms with Crippen LogP contribution in [0.25, 0.3) is 11.0 Å². The van der Waals surface area contributed by atoms with Crippen molar-refractivity contribution >= 4 is 46.0 Å². The summed E-state index contributed by atoms with van der Waals surface area (Å²) in [6.45, 7) is 0. The summed E-state index contributed by atoms with van der Waals surface area (Å²) < 4.78 is 8.59. The molecule has 0 unspecified atom stereocenters. The number of anilines is 1. The lowest BCUT2D eigenvalue weighted by Crippen LogP contribution is -2.19.